The van der Waals surface area contributed by atoms with E-state index in [4.69, 9.17) is 0 Å². The largest absolute Gasteiger partial charge is 0.344 e. The first-order valence-corrected chi connectivity index (χ1v) is 9.81. The molecule has 1 aliphatic heterocycles. The molecule has 1 atom stereocenters. The molecule has 1 aliphatic rings. The first-order valence-electron chi connectivity index (χ1n) is 9.81. The number of rotatable bonds is 6. The van der Waals surface area contributed by atoms with E-state index in [0.717, 1.165) is 17.7 Å². The van der Waals surface area contributed by atoms with Gasteiger partial charge in [-0.1, -0.05) is 23.4 Å². The summed E-state index contributed by atoms with van der Waals surface area (Å²) >= 11 is 0. The van der Waals surface area contributed by atoms with Crippen LogP contribution in [0.3, 0.4) is 0 Å². The molecule has 1 fully saturated rings. The lowest BCUT2D eigenvalue weighted by Crippen LogP contribution is -2.28. The van der Waals surface area contributed by atoms with Crippen molar-refractivity contribution in [3.05, 3.63) is 76.1 Å². The third-order valence-electron chi connectivity index (χ3n) is 5.13. The highest BCUT2D eigenvalue weighted by atomic mass is 16.6. The van der Waals surface area contributed by atoms with E-state index in [9.17, 15) is 19.7 Å². The second kappa shape index (κ2) is 8.34. The molecule has 31 heavy (non-hydrogen) atoms. The lowest BCUT2D eigenvalue weighted by atomic mass is 10.1. The minimum absolute atomic E-state index is 0.0796. The van der Waals surface area contributed by atoms with Gasteiger partial charge in [-0.05, 0) is 37.1 Å². The van der Waals surface area contributed by atoms with E-state index >= 15 is 0 Å². The second-order valence-electron chi connectivity index (χ2n) is 7.26. The number of nitrogens with zero attached hydrogens (tertiary/aromatic N) is 5. The summed E-state index contributed by atoms with van der Waals surface area (Å²) in [7, 11) is 0. The van der Waals surface area contributed by atoms with Crippen LogP contribution in [0.2, 0.25) is 0 Å². The van der Waals surface area contributed by atoms with Crippen molar-refractivity contribution in [3.63, 3.8) is 0 Å². The molecule has 0 aliphatic carbocycles. The number of amides is 2. The molecule has 158 valence electrons. The van der Waals surface area contributed by atoms with Gasteiger partial charge in [0.15, 0.2) is 5.69 Å². The summed E-state index contributed by atoms with van der Waals surface area (Å²) in [6, 6.07) is 13.1. The fourth-order valence-corrected chi connectivity index (χ4v) is 3.48. The van der Waals surface area contributed by atoms with Gasteiger partial charge in [0.2, 0.25) is 5.91 Å². The molecular weight excluding hydrogens is 400 g/mol. The number of benzene rings is 2. The van der Waals surface area contributed by atoms with Crippen molar-refractivity contribution in [2.45, 2.75) is 25.8 Å². The third-order valence-corrected chi connectivity index (χ3v) is 5.13. The average molecular weight is 420 g/mol. The molecule has 3 aromatic rings. The maximum Gasteiger partial charge on any atom is 0.273 e. The van der Waals surface area contributed by atoms with Crippen LogP contribution in [-0.4, -0.2) is 38.3 Å². The van der Waals surface area contributed by atoms with E-state index < -0.39 is 10.8 Å². The smallest absolute Gasteiger partial charge is 0.273 e. The Bertz CT molecular complexity index is 1160. The average Bonchev–Trinajstić information content (AvgIpc) is 3.43. The predicted octanol–water partition coefficient (Wildman–Crippen LogP) is 2.79. The number of nitro groups is 1. The van der Waals surface area contributed by atoms with Crippen LogP contribution in [0.25, 0.3) is 5.69 Å². The Morgan fingerprint density at radius 2 is 1.97 bits per heavy atom. The number of hydrogen-bond donors (Lipinski definition) is 1. The van der Waals surface area contributed by atoms with Crippen LogP contribution in [0.15, 0.2) is 54.7 Å². The second-order valence-corrected chi connectivity index (χ2v) is 7.26. The van der Waals surface area contributed by atoms with Crippen molar-refractivity contribution in [1.29, 1.82) is 0 Å². The third kappa shape index (κ3) is 4.27. The summed E-state index contributed by atoms with van der Waals surface area (Å²) < 4.78 is 1.31. The van der Waals surface area contributed by atoms with Gasteiger partial charge in [0.25, 0.3) is 11.6 Å². The Labute approximate surface area is 177 Å². The highest BCUT2D eigenvalue weighted by molar-refractivity contribution is 5.95. The van der Waals surface area contributed by atoms with Crippen molar-refractivity contribution in [1.82, 2.24) is 20.3 Å². The predicted molar refractivity (Wildman–Crippen MR) is 112 cm³/mol. The highest BCUT2D eigenvalue weighted by Crippen LogP contribution is 2.25. The molecule has 2 aromatic carbocycles. The monoisotopic (exact) mass is 420 g/mol. The van der Waals surface area contributed by atoms with E-state index in [1.807, 2.05) is 31.2 Å². The summed E-state index contributed by atoms with van der Waals surface area (Å²) in [6.07, 6.45) is 2.81. The topological polar surface area (TPSA) is 123 Å². The van der Waals surface area contributed by atoms with Gasteiger partial charge < -0.3 is 10.2 Å². The quantitative estimate of drug-likeness (QED) is 0.483. The molecule has 0 radical (unpaired) electrons. The lowest BCUT2D eigenvalue weighted by Gasteiger charge is -2.19. The summed E-state index contributed by atoms with van der Waals surface area (Å²) in [5, 5.41) is 21.6. The summed E-state index contributed by atoms with van der Waals surface area (Å²) in [4.78, 5) is 36.8. The summed E-state index contributed by atoms with van der Waals surface area (Å²) in [5.74, 6) is -0.321. The summed E-state index contributed by atoms with van der Waals surface area (Å²) in [6.45, 7) is 2.54. The molecule has 1 unspecified atom stereocenters. The molecule has 10 nitrogen and oxygen atoms in total. The zero-order valence-electron chi connectivity index (χ0n) is 16.8. The Morgan fingerprint density at radius 3 is 2.71 bits per heavy atom. The van der Waals surface area contributed by atoms with Crippen LogP contribution in [0.4, 0.5) is 11.4 Å². The minimum Gasteiger partial charge on any atom is -0.344 e. The number of nitro benzene ring substituents is 1. The Hall–Kier alpha value is -4.08. The van der Waals surface area contributed by atoms with Crippen LogP contribution < -0.4 is 10.2 Å². The number of hydrogen-bond acceptors (Lipinski definition) is 6. The molecule has 0 bridgehead atoms. The SMILES string of the molecule is CC(NC(=O)c1cn(-c2cccc([N+](=O)[O-])c2)nn1)c1cccc(N2CCCC2=O)c1. The first-order chi connectivity index (χ1) is 14.9. The molecule has 4 rings (SSSR count). The van der Waals surface area contributed by atoms with Crippen LogP contribution in [0.5, 0.6) is 0 Å². The van der Waals surface area contributed by atoms with Crippen molar-refractivity contribution in [2.24, 2.45) is 0 Å². The molecular formula is C21H20N6O4. The van der Waals surface area contributed by atoms with Gasteiger partial charge in [-0.2, -0.15) is 0 Å². The normalized spacial score (nSPS) is 14.5. The molecule has 0 saturated carbocycles. The standard InChI is InChI=1S/C21H20N6O4/c1-14(15-5-2-6-16(11-15)25-10-4-9-20(25)28)22-21(29)19-13-26(24-23-19)17-7-3-8-18(12-17)27(30)31/h2-3,5-8,11-14H,4,9-10H2,1H3,(H,22,29). The van der Waals surface area contributed by atoms with Crippen LogP contribution in [0.1, 0.15) is 41.9 Å². The number of nitrogens with one attached hydrogen (secondary N) is 1. The van der Waals surface area contributed by atoms with Gasteiger partial charge >= 0.3 is 0 Å². The van der Waals surface area contributed by atoms with E-state index in [1.54, 1.807) is 11.0 Å². The van der Waals surface area contributed by atoms with Gasteiger partial charge in [-0.15, -0.1) is 5.10 Å². The van der Waals surface area contributed by atoms with E-state index in [-0.39, 0.29) is 23.3 Å². The Balaban J connectivity index is 1.47. The van der Waals surface area contributed by atoms with Crippen LogP contribution in [-0.2, 0) is 4.79 Å². The van der Waals surface area contributed by atoms with Gasteiger partial charge in [0.1, 0.15) is 0 Å². The van der Waals surface area contributed by atoms with Gasteiger partial charge in [0.05, 0.1) is 22.8 Å². The Kier molecular flexibility index (Phi) is 5.44. The molecule has 1 N–H and O–H groups in total. The zero-order valence-corrected chi connectivity index (χ0v) is 16.8. The van der Waals surface area contributed by atoms with Crippen molar-refractivity contribution < 1.29 is 14.5 Å². The van der Waals surface area contributed by atoms with E-state index in [0.29, 0.717) is 18.7 Å². The van der Waals surface area contributed by atoms with E-state index in [2.05, 4.69) is 15.6 Å². The molecule has 10 heteroatoms. The van der Waals surface area contributed by atoms with Crippen LogP contribution in [0, 0.1) is 10.1 Å². The highest BCUT2D eigenvalue weighted by Gasteiger charge is 2.22. The zero-order chi connectivity index (χ0) is 22.0. The first kappa shape index (κ1) is 20.2. The molecule has 2 amide bonds. The number of anilines is 1. The maximum absolute atomic E-state index is 12.6. The van der Waals surface area contributed by atoms with Gasteiger partial charge in [0, 0.05) is 30.8 Å². The van der Waals surface area contributed by atoms with Crippen molar-refractivity contribution in [2.75, 3.05) is 11.4 Å². The fraction of sp³-hybridized carbons (Fsp3) is 0.238. The Morgan fingerprint density at radius 1 is 1.19 bits per heavy atom. The molecule has 0 spiro atoms. The molecule has 2 heterocycles. The van der Waals surface area contributed by atoms with Crippen molar-refractivity contribution >= 4 is 23.2 Å². The molecule has 1 aromatic heterocycles. The minimum atomic E-state index is -0.500. The lowest BCUT2D eigenvalue weighted by molar-refractivity contribution is -0.384. The van der Waals surface area contributed by atoms with Gasteiger partial charge in [-0.25, -0.2) is 4.68 Å². The number of aromatic nitrogens is 3. The van der Waals surface area contributed by atoms with E-state index in [1.165, 1.54) is 29.1 Å². The fourth-order valence-electron chi connectivity index (χ4n) is 3.48. The van der Waals surface area contributed by atoms with Gasteiger partial charge in [-0.3, -0.25) is 19.7 Å². The molecule has 1 saturated heterocycles. The number of carbonyl (C=O) groups excluding carboxylic acids is 2. The van der Waals surface area contributed by atoms with Crippen LogP contribution >= 0.6 is 0 Å². The number of carbonyl (C=O) groups is 2. The summed E-state index contributed by atoms with van der Waals surface area (Å²) in [5.41, 5.74) is 2.11. The van der Waals surface area contributed by atoms with Crippen molar-refractivity contribution in [3.8, 4) is 5.69 Å². The maximum atomic E-state index is 12.6. The number of non-ortho nitro benzene ring substituents is 1.